The molecule has 0 spiro atoms. The van der Waals surface area contributed by atoms with Gasteiger partial charge in [-0.2, -0.15) is 0 Å². The molecule has 0 saturated heterocycles. The van der Waals surface area contributed by atoms with Gasteiger partial charge in [-0.25, -0.2) is 13.1 Å². The molecule has 0 atom stereocenters. The number of halogens is 1. The van der Waals surface area contributed by atoms with Crippen molar-refractivity contribution in [1.82, 2.24) is 5.16 Å². The fourth-order valence-electron chi connectivity index (χ4n) is 3.00. The predicted molar refractivity (Wildman–Crippen MR) is 121 cm³/mol. The van der Waals surface area contributed by atoms with E-state index in [2.05, 4.69) is 42.8 Å². The van der Waals surface area contributed by atoms with Crippen molar-refractivity contribution < 1.29 is 22.8 Å². The van der Waals surface area contributed by atoms with Crippen LogP contribution in [0.1, 0.15) is 37.6 Å². The van der Waals surface area contributed by atoms with Crippen molar-refractivity contribution in [2.75, 3.05) is 11.3 Å². The highest BCUT2D eigenvalue weighted by atomic mass is 35.5. The van der Waals surface area contributed by atoms with Gasteiger partial charge in [0, 0.05) is 6.61 Å². The molecule has 168 valence electrons. The number of hydrogen-bond donors (Lipinski definition) is 3. The number of primary amides is 1. The summed E-state index contributed by atoms with van der Waals surface area (Å²) in [6, 6.07) is 5.60. The number of nitrogens with one attached hydrogen (secondary N) is 1. The monoisotopic (exact) mass is 485 g/mol. The third-order valence-corrected chi connectivity index (χ3v) is 7.24. The molecule has 0 bridgehead atoms. The second-order valence-corrected chi connectivity index (χ2v) is 9.79. The van der Waals surface area contributed by atoms with Gasteiger partial charge in [0.25, 0.3) is 21.8 Å². The molecular formula is C20H24ClN3O5S2. The van der Waals surface area contributed by atoms with Crippen LogP contribution in [0.4, 0.5) is 5.88 Å². The molecule has 0 unspecified atom stereocenters. The van der Waals surface area contributed by atoms with Gasteiger partial charge in [0.05, 0.1) is 0 Å². The fourth-order valence-corrected chi connectivity index (χ4v) is 5.46. The Morgan fingerprint density at radius 3 is 2.35 bits per heavy atom. The number of benzene rings is 1. The van der Waals surface area contributed by atoms with E-state index in [0.717, 1.165) is 17.8 Å². The quantitative estimate of drug-likeness (QED) is 0.486. The van der Waals surface area contributed by atoms with Crippen LogP contribution in [0.2, 0.25) is 5.02 Å². The minimum atomic E-state index is -4.01. The highest BCUT2D eigenvalue weighted by Crippen LogP contribution is 2.29. The van der Waals surface area contributed by atoms with Gasteiger partial charge in [-0.3, -0.25) is 4.79 Å². The number of carbonyl (C=O) groups is 1. The van der Waals surface area contributed by atoms with Crippen LogP contribution in [-0.2, 0) is 16.4 Å². The van der Waals surface area contributed by atoms with Crippen LogP contribution in [0, 0.1) is 27.7 Å². The summed E-state index contributed by atoms with van der Waals surface area (Å²) in [6.45, 7) is 8.10. The van der Waals surface area contributed by atoms with E-state index < -0.39 is 15.9 Å². The fraction of sp³-hybridized carbons (Fsp3) is 0.300. The summed E-state index contributed by atoms with van der Waals surface area (Å²) >= 11 is 6.74. The molecule has 0 aliphatic heterocycles. The van der Waals surface area contributed by atoms with E-state index in [4.69, 9.17) is 27.0 Å². The van der Waals surface area contributed by atoms with Gasteiger partial charge in [0.2, 0.25) is 0 Å². The number of aryl methyl sites for hydroxylation is 4. The van der Waals surface area contributed by atoms with Crippen molar-refractivity contribution >= 4 is 44.8 Å². The zero-order valence-electron chi connectivity index (χ0n) is 17.5. The highest BCUT2D eigenvalue weighted by molar-refractivity contribution is 7.93. The van der Waals surface area contributed by atoms with Gasteiger partial charge in [-0.1, -0.05) is 34.5 Å². The maximum absolute atomic E-state index is 12.1. The van der Waals surface area contributed by atoms with Crippen LogP contribution >= 0.6 is 22.9 Å². The zero-order chi connectivity index (χ0) is 23.3. The second-order valence-electron chi connectivity index (χ2n) is 6.85. The first kappa shape index (κ1) is 24.9. The molecule has 2 heterocycles. The molecule has 1 aromatic carbocycles. The number of rotatable bonds is 6. The Morgan fingerprint density at radius 2 is 1.87 bits per heavy atom. The summed E-state index contributed by atoms with van der Waals surface area (Å²) in [6.07, 6.45) is 0.776. The van der Waals surface area contributed by atoms with E-state index in [9.17, 15) is 13.2 Å². The van der Waals surface area contributed by atoms with Crippen molar-refractivity contribution in [1.29, 1.82) is 0 Å². The zero-order valence-corrected chi connectivity index (χ0v) is 19.9. The van der Waals surface area contributed by atoms with Gasteiger partial charge >= 0.3 is 0 Å². The first-order valence-electron chi connectivity index (χ1n) is 9.17. The molecule has 2 aromatic heterocycles. The van der Waals surface area contributed by atoms with E-state index in [1.54, 1.807) is 6.92 Å². The minimum Gasteiger partial charge on any atom is -0.396 e. The molecular weight excluding hydrogens is 462 g/mol. The number of sulfonamides is 1. The lowest BCUT2D eigenvalue weighted by molar-refractivity contribution is 0.100. The maximum atomic E-state index is 12.1. The van der Waals surface area contributed by atoms with Crippen LogP contribution in [0.3, 0.4) is 0 Å². The third-order valence-electron chi connectivity index (χ3n) is 4.36. The Hall–Kier alpha value is -2.40. The second kappa shape index (κ2) is 10.3. The lowest BCUT2D eigenvalue weighted by Crippen LogP contribution is -2.18. The Labute approximate surface area is 190 Å². The molecule has 3 rings (SSSR count). The number of nitrogens with zero attached hydrogens (tertiary/aromatic N) is 1. The number of amides is 1. The van der Waals surface area contributed by atoms with Crippen LogP contribution in [0.15, 0.2) is 33.0 Å². The molecule has 0 radical (unpaired) electrons. The van der Waals surface area contributed by atoms with Crippen LogP contribution < -0.4 is 10.5 Å². The van der Waals surface area contributed by atoms with Crippen molar-refractivity contribution in [2.24, 2.45) is 5.73 Å². The van der Waals surface area contributed by atoms with Gasteiger partial charge in [0.15, 0.2) is 0 Å². The number of thiophene rings is 1. The summed E-state index contributed by atoms with van der Waals surface area (Å²) < 4.78 is 31.0. The predicted octanol–water partition coefficient (Wildman–Crippen LogP) is 3.74. The van der Waals surface area contributed by atoms with Gasteiger partial charge in [-0.05, 0) is 62.3 Å². The molecule has 31 heavy (non-hydrogen) atoms. The summed E-state index contributed by atoms with van der Waals surface area (Å²) in [5.41, 5.74) is 10.6. The van der Waals surface area contributed by atoms with Crippen LogP contribution in [0.25, 0.3) is 0 Å². The normalized spacial score (nSPS) is 11.0. The highest BCUT2D eigenvalue weighted by Gasteiger charge is 2.25. The van der Waals surface area contributed by atoms with Gasteiger partial charge in [-0.15, -0.1) is 11.3 Å². The number of carbonyl (C=O) groups excluding carboxylic acids is 1. The smallest absolute Gasteiger partial charge is 0.265 e. The summed E-state index contributed by atoms with van der Waals surface area (Å²) in [5, 5.41) is 13.9. The molecule has 4 N–H and O–H groups in total. The van der Waals surface area contributed by atoms with E-state index in [1.807, 2.05) is 0 Å². The van der Waals surface area contributed by atoms with E-state index in [1.165, 1.54) is 33.7 Å². The SMILES string of the molecule is Cc1cc(C)c(CCO)c(C)c1.Cc1noc(NS(=O)(=O)c2ccsc2C(N)=O)c1Cl. The number of hydrogen-bond acceptors (Lipinski definition) is 7. The molecule has 1 amide bonds. The van der Waals surface area contributed by atoms with E-state index in [-0.39, 0.29) is 27.3 Å². The average molecular weight is 486 g/mol. The Balaban J connectivity index is 0.000000245. The minimum absolute atomic E-state index is 0.0550. The van der Waals surface area contributed by atoms with Crippen molar-refractivity contribution in [2.45, 2.75) is 39.0 Å². The molecule has 0 aliphatic carbocycles. The number of aromatic nitrogens is 1. The lowest BCUT2D eigenvalue weighted by atomic mass is 9.98. The number of aliphatic hydroxyl groups excluding tert-OH is 1. The van der Waals surface area contributed by atoms with Gasteiger partial charge in [0.1, 0.15) is 20.5 Å². The lowest BCUT2D eigenvalue weighted by Gasteiger charge is -2.09. The van der Waals surface area contributed by atoms with Crippen LogP contribution in [-0.4, -0.2) is 31.2 Å². The molecule has 0 fully saturated rings. The molecule has 3 aromatic rings. The average Bonchev–Trinajstić information content (AvgIpc) is 3.29. The van der Waals surface area contributed by atoms with Crippen molar-refractivity contribution in [3.05, 3.63) is 61.4 Å². The number of aliphatic hydroxyl groups is 1. The Bertz CT molecular complexity index is 1160. The Morgan fingerprint density at radius 1 is 1.26 bits per heavy atom. The molecule has 0 aliphatic rings. The first-order valence-corrected chi connectivity index (χ1v) is 11.9. The van der Waals surface area contributed by atoms with E-state index in [0.29, 0.717) is 5.69 Å². The number of anilines is 1. The van der Waals surface area contributed by atoms with Crippen molar-refractivity contribution in [3.63, 3.8) is 0 Å². The standard InChI is InChI=1S/C11H16O.C9H8ClN3O4S2/c1-8-6-9(2)11(4-5-12)10(3)7-8;1-4-6(10)9(17-12-4)13-19(15,16)5-2-3-18-7(5)8(11)14/h6-7,12H,4-5H2,1-3H3;2-3,13H,1H3,(H2,11,14). The molecule has 11 heteroatoms. The van der Waals surface area contributed by atoms with Gasteiger partial charge < -0.3 is 15.4 Å². The van der Waals surface area contributed by atoms with Crippen molar-refractivity contribution in [3.8, 4) is 0 Å². The van der Waals surface area contributed by atoms with Crippen LogP contribution in [0.5, 0.6) is 0 Å². The van der Waals surface area contributed by atoms with E-state index >= 15 is 0 Å². The topological polar surface area (TPSA) is 136 Å². The first-order chi connectivity index (χ1) is 14.5. The number of nitrogens with two attached hydrogens (primary N) is 1. The molecule has 8 nitrogen and oxygen atoms in total. The largest absolute Gasteiger partial charge is 0.396 e. The summed E-state index contributed by atoms with van der Waals surface area (Å²) in [5.74, 6) is -1.03. The summed E-state index contributed by atoms with van der Waals surface area (Å²) in [4.78, 5) is 10.8. The summed E-state index contributed by atoms with van der Waals surface area (Å²) in [7, 11) is -4.01. The Kier molecular flexibility index (Phi) is 8.24. The maximum Gasteiger partial charge on any atom is 0.265 e. The molecule has 0 saturated carbocycles. The third kappa shape index (κ3) is 6.07.